The molecule has 3 aliphatic heterocycles. The maximum atomic E-state index is 14.7. The van der Waals surface area contributed by atoms with Gasteiger partial charge in [0.05, 0.1) is 54.4 Å². The third-order valence-electron chi connectivity index (χ3n) is 14.1. The van der Waals surface area contributed by atoms with Crippen LogP contribution in [0.1, 0.15) is 155 Å². The standard InChI is InChI=1S/C46H82N4O12/c1-25(2)61-46(19-16-15-17-20-46)62-49-35-27(4)23-44(12,13)40(60-42-36(51)26(3)22-28(5)56-42)30(7)37(59-34-24-43(10,11)39(53)32(9)57-34)31(8)41(54)58-33(18-21-48-50-47)45(14,55)38(52)29(35)6/h25-34,36-40,42,51-53,55H,15-24H2,1-14H3/b49-35+/t26?,27-,28?,29+,30+,31-,32?,33-,34?,36?,37+,38-,39?,40-,42?,45-/m1/s1/i51T,53T. The van der Waals surface area contributed by atoms with Crippen LogP contribution in [-0.4, -0.2) is 120 Å². The minimum absolute atomic E-state index is 0.0666. The minimum Gasteiger partial charge on any atom is -0.459 e. The number of ether oxygens (including phenoxy) is 6. The van der Waals surface area contributed by atoms with Crippen LogP contribution in [-0.2, 0) is 38.1 Å². The highest BCUT2D eigenvalue weighted by Gasteiger charge is 2.52. The molecule has 3 heterocycles. The Morgan fingerprint density at radius 3 is 2.19 bits per heavy atom. The number of hydrogen-bond acceptors (Lipinski definition) is 14. The number of rotatable bonds is 13. The van der Waals surface area contributed by atoms with Crippen LogP contribution in [0.25, 0.3) is 10.4 Å². The quantitative estimate of drug-likeness (QED) is 0.0351. The SMILES string of the molecule is [3H]OC1C(C)CC(C)OC1O[C@@H]1[C@@H](C)[C@H](OC2CC(C)(C)C(O[3H])C(C)O2)[C@@H](C)C(=O)O[C@H](CCN=[N+]=[N-])[C@@](C)(O)[C@H](O)[C@@H](C)/C(=N/OC2(OC(C)C)CCCCC2)[C@H](C)CC1(C)C. The highest BCUT2D eigenvalue weighted by atomic mass is 16.8. The fraction of sp³-hybridized carbons (Fsp3) is 0.957. The van der Waals surface area contributed by atoms with Gasteiger partial charge in [0.25, 0.3) is 0 Å². The molecule has 1 aliphatic carbocycles. The number of hydrogen-bond donors (Lipinski definition) is 4. The van der Waals surface area contributed by atoms with E-state index in [1.165, 1.54) is 6.92 Å². The fourth-order valence-electron chi connectivity index (χ4n) is 10.7. The number of carbonyl (C=O) groups excluding carboxylic acids is 1. The molecule has 4 aliphatic rings. The van der Waals surface area contributed by atoms with Gasteiger partial charge in [-0.2, -0.15) is 0 Å². The van der Waals surface area contributed by atoms with Crippen LogP contribution >= 0.6 is 0 Å². The second-order valence-corrected chi connectivity index (χ2v) is 21.1. The summed E-state index contributed by atoms with van der Waals surface area (Å²) in [4.78, 5) is 24.1. The first-order chi connectivity index (χ1) is 29.8. The molecule has 4 rings (SSSR count). The first kappa shape index (κ1) is 49.3. The number of carbonyl (C=O) groups is 1. The summed E-state index contributed by atoms with van der Waals surface area (Å²) in [7, 11) is 0. The van der Waals surface area contributed by atoms with E-state index in [1.54, 1.807) is 13.8 Å². The summed E-state index contributed by atoms with van der Waals surface area (Å²) in [6.45, 7) is 26.5. The molecule has 4 N–H and O–H groups in total. The third-order valence-corrected chi connectivity index (χ3v) is 14.1. The smallest absolute Gasteiger partial charge is 0.311 e. The van der Waals surface area contributed by atoms with Crippen LogP contribution in [0, 0.1) is 40.4 Å². The van der Waals surface area contributed by atoms with Crippen molar-refractivity contribution in [3.8, 4) is 0 Å². The van der Waals surface area contributed by atoms with Crippen LogP contribution in [0.5, 0.6) is 0 Å². The summed E-state index contributed by atoms with van der Waals surface area (Å²) in [5, 5.41) is 43.7. The van der Waals surface area contributed by atoms with Gasteiger partial charge in [-0.25, -0.2) is 0 Å². The summed E-state index contributed by atoms with van der Waals surface area (Å²) in [6.07, 6.45) is -3.06. The van der Waals surface area contributed by atoms with Crippen molar-refractivity contribution in [1.82, 2.24) is 0 Å². The van der Waals surface area contributed by atoms with E-state index in [-0.39, 0.29) is 31.1 Å². The largest absolute Gasteiger partial charge is 0.459 e. The van der Waals surface area contributed by atoms with Gasteiger partial charge >= 0.3 is 5.97 Å². The van der Waals surface area contributed by atoms with E-state index in [2.05, 4.69) is 23.9 Å². The van der Waals surface area contributed by atoms with Gasteiger partial charge in [0.1, 0.15) is 17.8 Å². The average Bonchev–Trinajstić information content (AvgIpc) is 3.19. The molecule has 0 amide bonds. The van der Waals surface area contributed by atoms with Gasteiger partial charge in [0, 0.05) is 42.6 Å². The third kappa shape index (κ3) is 12.6. The monoisotopic (exact) mass is 887 g/mol. The van der Waals surface area contributed by atoms with Crippen LogP contribution < -0.4 is 0 Å². The molecule has 4 fully saturated rings. The zero-order chi connectivity index (χ0) is 47.9. The van der Waals surface area contributed by atoms with Gasteiger partial charge in [-0.15, -0.1) is 0 Å². The van der Waals surface area contributed by atoms with Crippen LogP contribution in [0.4, 0.5) is 0 Å². The van der Waals surface area contributed by atoms with E-state index in [0.717, 1.165) is 19.3 Å². The van der Waals surface area contributed by atoms with E-state index in [1.807, 2.05) is 62.3 Å². The maximum absolute atomic E-state index is 14.7. The Kier molecular flexibility index (Phi) is 17.1. The molecule has 7 unspecified atom stereocenters. The molecule has 3 saturated heterocycles. The maximum Gasteiger partial charge on any atom is 0.311 e. The van der Waals surface area contributed by atoms with Crippen molar-refractivity contribution < 1.29 is 58.5 Å². The van der Waals surface area contributed by atoms with Crippen molar-refractivity contribution >= 4 is 11.7 Å². The second-order valence-electron chi connectivity index (χ2n) is 21.1. The summed E-state index contributed by atoms with van der Waals surface area (Å²) >= 11 is 0. The van der Waals surface area contributed by atoms with E-state index < -0.39 is 107 Å². The van der Waals surface area contributed by atoms with Crippen molar-refractivity contribution in [2.45, 2.75) is 234 Å². The zero-order valence-electron chi connectivity index (χ0n) is 42.1. The molecule has 0 aromatic heterocycles. The van der Waals surface area contributed by atoms with E-state index in [4.69, 9.17) is 51.5 Å². The number of esters is 1. The zero-order valence-corrected chi connectivity index (χ0v) is 40.1. The Labute approximate surface area is 373 Å². The van der Waals surface area contributed by atoms with Crippen molar-refractivity contribution in [3.63, 3.8) is 0 Å². The molecule has 0 spiro atoms. The van der Waals surface area contributed by atoms with Gasteiger partial charge in [-0.1, -0.05) is 72.1 Å². The molecule has 62 heavy (non-hydrogen) atoms. The van der Waals surface area contributed by atoms with Gasteiger partial charge in [0.2, 0.25) is 8.65 Å². The van der Waals surface area contributed by atoms with Gasteiger partial charge in [-0.3, -0.25) is 4.79 Å². The van der Waals surface area contributed by atoms with Crippen molar-refractivity contribution in [2.24, 2.45) is 50.7 Å². The Morgan fingerprint density at radius 1 is 0.919 bits per heavy atom. The average molecular weight is 887 g/mol. The lowest BCUT2D eigenvalue weighted by atomic mass is 9.69. The van der Waals surface area contributed by atoms with Gasteiger partial charge < -0.3 is 53.7 Å². The molecule has 16 nitrogen and oxygen atoms in total. The second kappa shape index (κ2) is 21.5. The number of azide groups is 1. The van der Waals surface area contributed by atoms with Crippen molar-refractivity contribution in [3.05, 3.63) is 10.4 Å². The number of aliphatic hydroxyl groups is 4. The molecule has 0 aromatic carbocycles. The Hall–Kier alpha value is -2.11. The predicted octanol–water partition coefficient (Wildman–Crippen LogP) is 7.57. The lowest BCUT2D eigenvalue weighted by molar-refractivity contribution is -0.305. The number of nitrogens with zero attached hydrogens (tertiary/aromatic N) is 4. The Balaban J connectivity index is 1.93. The number of cyclic esters (lactones) is 1. The van der Waals surface area contributed by atoms with Crippen LogP contribution in [0.2, 0.25) is 0 Å². The first-order valence-electron chi connectivity index (χ1n) is 24.1. The molecule has 16 heteroatoms. The lowest BCUT2D eigenvalue weighted by Gasteiger charge is -2.49. The lowest BCUT2D eigenvalue weighted by Crippen LogP contribution is -2.58. The summed E-state index contributed by atoms with van der Waals surface area (Å²) in [6, 6.07) is 0. The molecular weight excluding hydrogens is 801 g/mol. The highest BCUT2D eigenvalue weighted by molar-refractivity contribution is 5.88. The molecule has 0 bridgehead atoms. The molecule has 0 radical (unpaired) electrons. The summed E-state index contributed by atoms with van der Waals surface area (Å²) in [5.74, 6) is -4.64. The van der Waals surface area contributed by atoms with E-state index in [9.17, 15) is 20.5 Å². The molecule has 358 valence electrons. The molecular formula is C46H82N4O12. The molecule has 1 saturated carbocycles. The summed E-state index contributed by atoms with van der Waals surface area (Å²) < 4.78 is 55.4. The van der Waals surface area contributed by atoms with Crippen LogP contribution in [0.15, 0.2) is 10.3 Å². The van der Waals surface area contributed by atoms with E-state index in [0.29, 0.717) is 37.8 Å². The Bertz CT molecular complexity index is 1580. The van der Waals surface area contributed by atoms with Gasteiger partial charge in [0.15, 0.2) is 12.6 Å². The first-order valence-corrected chi connectivity index (χ1v) is 23.3. The molecule has 0 aromatic rings. The number of aliphatic hydroxyl groups excluding tert-OH is 3. The van der Waals surface area contributed by atoms with Gasteiger partial charge in [-0.05, 0) is 102 Å². The predicted molar refractivity (Wildman–Crippen MR) is 233 cm³/mol. The number of oxime groups is 1. The van der Waals surface area contributed by atoms with Crippen LogP contribution in [0.3, 0.4) is 0 Å². The van der Waals surface area contributed by atoms with E-state index >= 15 is 0 Å². The highest BCUT2D eigenvalue weighted by Crippen LogP contribution is 2.45. The molecule has 16 atom stereocenters. The minimum atomic E-state index is -2.07. The van der Waals surface area contributed by atoms with Crippen molar-refractivity contribution in [2.75, 3.05) is 6.54 Å². The van der Waals surface area contributed by atoms with Crippen molar-refractivity contribution in [1.29, 1.82) is 2.86 Å². The Morgan fingerprint density at radius 2 is 1.60 bits per heavy atom. The normalized spacial score (nSPS) is 43.1. The fourth-order valence-corrected chi connectivity index (χ4v) is 10.7. The summed E-state index contributed by atoms with van der Waals surface area (Å²) in [5.41, 5.74) is 6.26. The topological polar surface area (TPSA) is 224 Å².